The van der Waals surface area contributed by atoms with Gasteiger partial charge >= 0.3 is 5.97 Å². The Morgan fingerprint density at radius 2 is 1.91 bits per heavy atom. The number of unbranched alkanes of at least 4 members (excludes halogenated alkanes) is 5. The van der Waals surface area contributed by atoms with E-state index in [1.165, 1.54) is 38.5 Å². The fraction of sp³-hybridized carbons (Fsp3) is 0.632. The van der Waals surface area contributed by atoms with Crippen molar-refractivity contribution in [3.8, 4) is 5.75 Å². The van der Waals surface area contributed by atoms with E-state index in [2.05, 4.69) is 12.2 Å². The lowest BCUT2D eigenvalue weighted by atomic mass is 10.1. The number of hydrogen-bond donors (Lipinski definition) is 2. The van der Waals surface area contributed by atoms with Crippen molar-refractivity contribution in [3.63, 3.8) is 0 Å². The summed E-state index contributed by atoms with van der Waals surface area (Å²) in [5, 5.41) is 12.5. The van der Waals surface area contributed by atoms with E-state index < -0.39 is 12.1 Å². The molecule has 0 bridgehead atoms. The summed E-state index contributed by atoms with van der Waals surface area (Å²) in [5.74, 6) is -0.294. The molecular formula is C19H31NO3. The second-order valence-corrected chi connectivity index (χ2v) is 5.94. The Morgan fingerprint density at radius 3 is 2.61 bits per heavy atom. The van der Waals surface area contributed by atoms with E-state index in [9.17, 15) is 4.79 Å². The van der Waals surface area contributed by atoms with Crippen LogP contribution in [0, 0.1) is 0 Å². The van der Waals surface area contributed by atoms with Crippen LogP contribution in [0.2, 0.25) is 0 Å². The molecule has 0 aliphatic heterocycles. The van der Waals surface area contributed by atoms with Gasteiger partial charge in [0.1, 0.15) is 5.75 Å². The SMILES string of the molecule is CCCCCCCCNCc1cccc(OC(CC)C(=O)O)c1. The Kier molecular flexibility index (Phi) is 10.1. The van der Waals surface area contributed by atoms with Gasteiger partial charge < -0.3 is 15.2 Å². The third-order valence-electron chi connectivity index (χ3n) is 3.86. The summed E-state index contributed by atoms with van der Waals surface area (Å²) < 4.78 is 5.52. The standard InChI is InChI=1S/C19H31NO3/c1-3-5-6-7-8-9-13-20-15-16-11-10-12-17(14-16)23-18(4-2)19(21)22/h10-12,14,18,20H,3-9,13,15H2,1-2H3,(H,21,22). The van der Waals surface area contributed by atoms with Gasteiger partial charge in [-0.1, -0.05) is 58.1 Å². The summed E-state index contributed by atoms with van der Waals surface area (Å²) >= 11 is 0. The second kappa shape index (κ2) is 11.9. The molecule has 0 radical (unpaired) electrons. The molecule has 23 heavy (non-hydrogen) atoms. The van der Waals surface area contributed by atoms with E-state index in [4.69, 9.17) is 9.84 Å². The molecule has 2 N–H and O–H groups in total. The summed E-state index contributed by atoms with van der Waals surface area (Å²) in [6, 6.07) is 7.66. The normalized spacial score (nSPS) is 12.1. The lowest BCUT2D eigenvalue weighted by molar-refractivity contribution is -0.145. The van der Waals surface area contributed by atoms with Crippen molar-refractivity contribution < 1.29 is 14.6 Å². The van der Waals surface area contributed by atoms with Crippen LogP contribution >= 0.6 is 0 Å². The van der Waals surface area contributed by atoms with Crippen molar-refractivity contribution in [1.29, 1.82) is 0 Å². The second-order valence-electron chi connectivity index (χ2n) is 5.94. The minimum Gasteiger partial charge on any atom is -0.479 e. The predicted molar refractivity (Wildman–Crippen MR) is 93.9 cm³/mol. The summed E-state index contributed by atoms with van der Waals surface area (Å²) in [6.45, 7) is 5.85. The molecule has 0 amide bonds. The first-order valence-electron chi connectivity index (χ1n) is 8.86. The van der Waals surface area contributed by atoms with Crippen LogP contribution in [0.1, 0.15) is 64.4 Å². The fourth-order valence-corrected chi connectivity index (χ4v) is 2.46. The Hall–Kier alpha value is -1.55. The van der Waals surface area contributed by atoms with E-state index >= 15 is 0 Å². The molecule has 1 rings (SSSR count). The number of hydrogen-bond acceptors (Lipinski definition) is 3. The van der Waals surface area contributed by atoms with E-state index in [1.54, 1.807) is 0 Å². The molecule has 4 nitrogen and oxygen atoms in total. The maximum absolute atomic E-state index is 11.0. The van der Waals surface area contributed by atoms with Crippen molar-refractivity contribution in [2.45, 2.75) is 71.4 Å². The number of carbonyl (C=O) groups is 1. The molecule has 1 aromatic rings. The molecule has 0 aliphatic rings. The van der Waals surface area contributed by atoms with Gasteiger partial charge in [0, 0.05) is 6.54 Å². The quantitative estimate of drug-likeness (QED) is 0.529. The molecule has 130 valence electrons. The molecule has 0 aliphatic carbocycles. The number of carboxylic acid groups (broad SMARTS) is 1. The Labute approximate surface area is 140 Å². The largest absolute Gasteiger partial charge is 0.479 e. The van der Waals surface area contributed by atoms with Gasteiger partial charge in [0.25, 0.3) is 0 Å². The van der Waals surface area contributed by atoms with E-state index in [0.29, 0.717) is 12.2 Å². The maximum atomic E-state index is 11.0. The lowest BCUT2D eigenvalue weighted by Gasteiger charge is -2.14. The smallest absolute Gasteiger partial charge is 0.344 e. The van der Waals surface area contributed by atoms with Crippen LogP contribution < -0.4 is 10.1 Å². The number of ether oxygens (including phenoxy) is 1. The average Bonchev–Trinajstić information content (AvgIpc) is 2.55. The van der Waals surface area contributed by atoms with Gasteiger partial charge in [-0.3, -0.25) is 0 Å². The van der Waals surface area contributed by atoms with Gasteiger partial charge in [0.05, 0.1) is 0 Å². The number of nitrogens with one attached hydrogen (secondary N) is 1. The molecule has 1 unspecified atom stereocenters. The van der Waals surface area contributed by atoms with Gasteiger partial charge in [-0.25, -0.2) is 4.79 Å². The molecule has 1 aromatic carbocycles. The molecule has 0 heterocycles. The maximum Gasteiger partial charge on any atom is 0.344 e. The van der Waals surface area contributed by atoms with Crippen molar-refractivity contribution in [3.05, 3.63) is 29.8 Å². The zero-order chi connectivity index (χ0) is 16.9. The van der Waals surface area contributed by atoms with Crippen molar-refractivity contribution in [1.82, 2.24) is 5.32 Å². The molecule has 0 aromatic heterocycles. The van der Waals surface area contributed by atoms with Crippen molar-refractivity contribution in [2.75, 3.05) is 6.54 Å². The Bertz CT molecular complexity index is 448. The molecule has 1 atom stereocenters. The van der Waals surface area contributed by atoms with Gasteiger partial charge in [0.2, 0.25) is 0 Å². The predicted octanol–water partition coefficient (Wildman–Crippen LogP) is 4.38. The third kappa shape index (κ3) is 8.60. The van der Waals surface area contributed by atoms with E-state index in [1.807, 2.05) is 31.2 Å². The van der Waals surface area contributed by atoms with Crippen LogP contribution in [0.4, 0.5) is 0 Å². The number of benzene rings is 1. The van der Waals surface area contributed by atoms with Gasteiger partial charge in [-0.05, 0) is 37.1 Å². The van der Waals surface area contributed by atoms with Gasteiger partial charge in [-0.15, -0.1) is 0 Å². The van der Waals surface area contributed by atoms with E-state index in [-0.39, 0.29) is 0 Å². The minimum absolute atomic E-state index is 0.454. The van der Waals surface area contributed by atoms with Gasteiger partial charge in [0.15, 0.2) is 6.10 Å². The zero-order valence-electron chi connectivity index (χ0n) is 14.5. The first kappa shape index (κ1) is 19.5. The first-order chi connectivity index (χ1) is 11.2. The Balaban J connectivity index is 2.27. The molecule has 0 saturated heterocycles. The van der Waals surface area contributed by atoms with Crippen molar-refractivity contribution >= 4 is 5.97 Å². The first-order valence-corrected chi connectivity index (χ1v) is 8.86. The molecule has 0 saturated carbocycles. The highest BCUT2D eigenvalue weighted by atomic mass is 16.5. The minimum atomic E-state index is -0.917. The topological polar surface area (TPSA) is 58.6 Å². The highest BCUT2D eigenvalue weighted by molar-refractivity contribution is 5.72. The summed E-state index contributed by atoms with van der Waals surface area (Å²) in [7, 11) is 0. The Morgan fingerprint density at radius 1 is 1.17 bits per heavy atom. The van der Waals surface area contributed by atoms with Gasteiger partial charge in [-0.2, -0.15) is 0 Å². The third-order valence-corrected chi connectivity index (χ3v) is 3.86. The molecule has 0 fully saturated rings. The van der Waals surface area contributed by atoms with Crippen LogP contribution in [0.3, 0.4) is 0 Å². The zero-order valence-corrected chi connectivity index (χ0v) is 14.5. The summed E-state index contributed by atoms with van der Waals surface area (Å²) in [6.07, 6.45) is 7.47. The highest BCUT2D eigenvalue weighted by Crippen LogP contribution is 2.16. The molecular weight excluding hydrogens is 290 g/mol. The van der Waals surface area contributed by atoms with Crippen molar-refractivity contribution in [2.24, 2.45) is 0 Å². The monoisotopic (exact) mass is 321 g/mol. The van der Waals surface area contributed by atoms with Crippen LogP contribution in [0.25, 0.3) is 0 Å². The summed E-state index contributed by atoms with van der Waals surface area (Å²) in [5.41, 5.74) is 1.12. The average molecular weight is 321 g/mol. The molecule has 4 heteroatoms. The number of aliphatic carboxylic acids is 1. The van der Waals surface area contributed by atoms with Crippen LogP contribution in [-0.2, 0) is 11.3 Å². The number of rotatable bonds is 13. The van der Waals surface area contributed by atoms with E-state index in [0.717, 1.165) is 18.7 Å². The fourth-order valence-electron chi connectivity index (χ4n) is 2.46. The molecule has 0 spiro atoms. The summed E-state index contributed by atoms with van der Waals surface area (Å²) in [4.78, 5) is 11.0. The van der Waals surface area contributed by atoms with Crippen LogP contribution in [0.5, 0.6) is 5.75 Å². The van der Waals surface area contributed by atoms with Crippen LogP contribution in [-0.4, -0.2) is 23.7 Å². The number of carboxylic acids is 1. The van der Waals surface area contributed by atoms with Crippen LogP contribution in [0.15, 0.2) is 24.3 Å². The lowest BCUT2D eigenvalue weighted by Crippen LogP contribution is -2.26. The highest BCUT2D eigenvalue weighted by Gasteiger charge is 2.16.